The van der Waals surface area contributed by atoms with Crippen molar-refractivity contribution in [1.29, 1.82) is 0 Å². The number of thioether (sulfide) groups is 2. The third-order valence-corrected chi connectivity index (χ3v) is 6.71. The van der Waals surface area contributed by atoms with Crippen LogP contribution >= 0.6 is 35.1 Å². The average molecular weight is 314 g/mol. The van der Waals surface area contributed by atoms with Gasteiger partial charge in [0.25, 0.3) is 0 Å². The van der Waals surface area contributed by atoms with E-state index < -0.39 is 0 Å². The zero-order chi connectivity index (χ0) is 13.2. The molecule has 0 spiro atoms. The van der Waals surface area contributed by atoms with Gasteiger partial charge in [-0.15, -0.1) is 11.8 Å². The van der Waals surface area contributed by atoms with Crippen LogP contribution in [-0.2, 0) is 0 Å². The molecule has 1 aromatic rings. The molecule has 1 aromatic carbocycles. The zero-order valence-corrected chi connectivity index (χ0v) is 13.6. The van der Waals surface area contributed by atoms with Crippen molar-refractivity contribution in [2.45, 2.75) is 47.9 Å². The van der Waals surface area contributed by atoms with E-state index in [9.17, 15) is 0 Å². The molecule has 3 unspecified atom stereocenters. The van der Waals surface area contributed by atoms with Gasteiger partial charge in [0.15, 0.2) is 0 Å². The van der Waals surface area contributed by atoms with Crippen LogP contribution < -0.4 is 5.32 Å². The molecule has 1 aliphatic carbocycles. The SMILES string of the molecule is CSC1CCCC1NC1CCSc2ccc(Cl)cc21. The summed E-state index contributed by atoms with van der Waals surface area (Å²) >= 11 is 10.2. The smallest absolute Gasteiger partial charge is 0.0410 e. The lowest BCUT2D eigenvalue weighted by Gasteiger charge is -2.31. The lowest BCUT2D eigenvalue weighted by atomic mass is 10.0. The van der Waals surface area contributed by atoms with E-state index in [1.807, 2.05) is 29.6 Å². The van der Waals surface area contributed by atoms with Gasteiger partial charge in [-0.1, -0.05) is 18.0 Å². The van der Waals surface area contributed by atoms with E-state index in [2.05, 4.69) is 23.7 Å². The molecule has 2 aliphatic rings. The van der Waals surface area contributed by atoms with Crippen molar-refractivity contribution < 1.29 is 0 Å². The second-order valence-electron chi connectivity index (χ2n) is 5.35. The largest absolute Gasteiger partial charge is 0.306 e. The summed E-state index contributed by atoms with van der Waals surface area (Å²) < 4.78 is 0. The summed E-state index contributed by atoms with van der Waals surface area (Å²) in [6.45, 7) is 0. The topological polar surface area (TPSA) is 12.0 Å². The van der Waals surface area contributed by atoms with Gasteiger partial charge in [0.2, 0.25) is 0 Å². The third-order valence-electron chi connectivity index (χ3n) is 4.18. The van der Waals surface area contributed by atoms with E-state index in [4.69, 9.17) is 11.6 Å². The third kappa shape index (κ3) is 3.10. The molecule has 4 heteroatoms. The molecular formula is C15H20ClNS2. The van der Waals surface area contributed by atoms with Crippen molar-refractivity contribution in [3.05, 3.63) is 28.8 Å². The molecule has 1 aliphatic heterocycles. The highest BCUT2D eigenvalue weighted by molar-refractivity contribution is 7.99. The Morgan fingerprint density at radius 3 is 3.05 bits per heavy atom. The number of halogens is 1. The van der Waals surface area contributed by atoms with Crippen molar-refractivity contribution >= 4 is 35.1 Å². The fraction of sp³-hybridized carbons (Fsp3) is 0.600. The summed E-state index contributed by atoms with van der Waals surface area (Å²) in [6.07, 6.45) is 7.52. The number of rotatable bonds is 3. The van der Waals surface area contributed by atoms with Gasteiger partial charge in [0, 0.05) is 27.3 Å². The highest BCUT2D eigenvalue weighted by Crippen LogP contribution is 2.39. The molecule has 1 nitrogen and oxygen atoms in total. The molecule has 0 amide bonds. The van der Waals surface area contributed by atoms with Crippen molar-refractivity contribution in [1.82, 2.24) is 5.32 Å². The standard InChI is InChI=1S/C15H20ClNS2/c1-18-15-4-2-3-13(15)17-12-7-8-19-14-6-5-10(16)9-11(12)14/h5-6,9,12-13,15,17H,2-4,7-8H2,1H3. The van der Waals surface area contributed by atoms with Crippen molar-refractivity contribution in [2.75, 3.05) is 12.0 Å². The molecule has 0 saturated heterocycles. The van der Waals surface area contributed by atoms with Crippen molar-refractivity contribution in [3.63, 3.8) is 0 Å². The van der Waals surface area contributed by atoms with E-state index in [0.29, 0.717) is 12.1 Å². The molecule has 0 aromatic heterocycles. The predicted molar refractivity (Wildman–Crippen MR) is 87.6 cm³/mol. The first-order chi connectivity index (χ1) is 9.28. The quantitative estimate of drug-likeness (QED) is 0.864. The molecule has 1 N–H and O–H groups in total. The highest BCUT2D eigenvalue weighted by atomic mass is 35.5. The summed E-state index contributed by atoms with van der Waals surface area (Å²) in [5.41, 5.74) is 1.41. The number of nitrogens with one attached hydrogen (secondary N) is 1. The molecular weight excluding hydrogens is 294 g/mol. The van der Waals surface area contributed by atoms with Gasteiger partial charge in [-0.05, 0) is 55.0 Å². The minimum absolute atomic E-state index is 0.493. The van der Waals surface area contributed by atoms with Gasteiger partial charge in [-0.2, -0.15) is 11.8 Å². The van der Waals surface area contributed by atoms with E-state index in [1.54, 1.807) is 0 Å². The van der Waals surface area contributed by atoms with Crippen LogP contribution in [-0.4, -0.2) is 23.3 Å². The predicted octanol–water partition coefficient (Wildman–Crippen LogP) is 4.75. The lowest BCUT2D eigenvalue weighted by Crippen LogP contribution is -2.38. The van der Waals surface area contributed by atoms with Crippen LogP contribution in [0.15, 0.2) is 23.1 Å². The highest BCUT2D eigenvalue weighted by Gasteiger charge is 2.30. The summed E-state index contributed by atoms with van der Waals surface area (Å²) in [5.74, 6) is 1.21. The van der Waals surface area contributed by atoms with Gasteiger partial charge >= 0.3 is 0 Å². The molecule has 3 atom stereocenters. The Morgan fingerprint density at radius 2 is 2.21 bits per heavy atom. The van der Waals surface area contributed by atoms with Crippen molar-refractivity contribution in [3.8, 4) is 0 Å². The minimum atomic E-state index is 0.493. The van der Waals surface area contributed by atoms with Crippen molar-refractivity contribution in [2.24, 2.45) is 0 Å². The number of benzene rings is 1. The van der Waals surface area contributed by atoms with E-state index in [-0.39, 0.29) is 0 Å². The Balaban J connectivity index is 1.78. The summed E-state index contributed by atoms with van der Waals surface area (Å²) in [4.78, 5) is 1.41. The fourth-order valence-electron chi connectivity index (χ4n) is 3.20. The number of hydrogen-bond acceptors (Lipinski definition) is 3. The molecule has 1 fully saturated rings. The van der Waals surface area contributed by atoms with Crippen LogP contribution in [0.25, 0.3) is 0 Å². The van der Waals surface area contributed by atoms with Gasteiger partial charge in [0.1, 0.15) is 0 Å². The Hall–Kier alpha value is 0.170. The number of fused-ring (bicyclic) bond motifs is 1. The molecule has 19 heavy (non-hydrogen) atoms. The van der Waals surface area contributed by atoms with Crippen LogP contribution in [0, 0.1) is 0 Å². The molecule has 104 valence electrons. The minimum Gasteiger partial charge on any atom is -0.306 e. The first-order valence-corrected chi connectivity index (χ1v) is 9.64. The van der Waals surface area contributed by atoms with Crippen LogP contribution in [0.4, 0.5) is 0 Å². The van der Waals surface area contributed by atoms with E-state index in [1.165, 1.54) is 41.9 Å². The Bertz CT molecular complexity index is 452. The fourth-order valence-corrected chi connectivity index (χ4v) is 5.43. The van der Waals surface area contributed by atoms with Crippen LogP contribution in [0.2, 0.25) is 5.02 Å². The Kier molecular flexibility index (Phi) is 4.68. The zero-order valence-electron chi connectivity index (χ0n) is 11.2. The Labute approximate surface area is 129 Å². The molecule has 1 heterocycles. The maximum atomic E-state index is 6.17. The second-order valence-corrected chi connectivity index (χ2v) is 8.00. The van der Waals surface area contributed by atoms with Gasteiger partial charge in [0.05, 0.1) is 0 Å². The van der Waals surface area contributed by atoms with Crippen LogP contribution in [0.5, 0.6) is 0 Å². The van der Waals surface area contributed by atoms with E-state index in [0.717, 1.165) is 10.3 Å². The van der Waals surface area contributed by atoms with E-state index >= 15 is 0 Å². The Morgan fingerprint density at radius 1 is 1.32 bits per heavy atom. The monoisotopic (exact) mass is 313 g/mol. The molecule has 3 rings (SSSR count). The summed E-state index contributed by atoms with van der Waals surface area (Å²) in [5, 5.41) is 5.56. The van der Waals surface area contributed by atoms with Crippen LogP contribution in [0.3, 0.4) is 0 Å². The first-order valence-electron chi connectivity index (χ1n) is 6.99. The maximum absolute atomic E-state index is 6.17. The molecule has 1 saturated carbocycles. The summed E-state index contributed by atoms with van der Waals surface area (Å²) in [6, 6.07) is 7.51. The van der Waals surface area contributed by atoms with Gasteiger partial charge < -0.3 is 5.32 Å². The lowest BCUT2D eigenvalue weighted by molar-refractivity contribution is 0.430. The van der Waals surface area contributed by atoms with Gasteiger partial charge in [-0.3, -0.25) is 0 Å². The second kappa shape index (κ2) is 6.30. The average Bonchev–Trinajstić information content (AvgIpc) is 2.87. The summed E-state index contributed by atoms with van der Waals surface area (Å²) in [7, 11) is 0. The first kappa shape index (κ1) is 14.1. The van der Waals surface area contributed by atoms with Gasteiger partial charge in [-0.25, -0.2) is 0 Å². The molecule has 0 bridgehead atoms. The maximum Gasteiger partial charge on any atom is 0.0410 e. The van der Waals surface area contributed by atoms with Crippen LogP contribution in [0.1, 0.15) is 37.3 Å². The molecule has 0 radical (unpaired) electrons. The number of hydrogen-bond donors (Lipinski definition) is 1. The normalized spacial score (nSPS) is 30.3.